The maximum Gasteiger partial charge on any atom is 0.340 e. The van der Waals surface area contributed by atoms with Gasteiger partial charge in [-0.15, -0.1) is 0 Å². The van der Waals surface area contributed by atoms with Gasteiger partial charge < -0.3 is 10.1 Å². The molecule has 3 amide bonds. The Hall–Kier alpha value is -2.68. The van der Waals surface area contributed by atoms with Crippen molar-refractivity contribution in [1.82, 2.24) is 10.6 Å². The maximum atomic E-state index is 11.8. The van der Waals surface area contributed by atoms with Crippen molar-refractivity contribution in [3.8, 4) is 0 Å². The van der Waals surface area contributed by atoms with Crippen LogP contribution in [0.5, 0.6) is 0 Å². The Balaban J connectivity index is 2.52. The minimum atomic E-state index is -0.937. The molecule has 0 saturated heterocycles. The van der Waals surface area contributed by atoms with Gasteiger partial charge in [0.25, 0.3) is 11.6 Å². The number of amides is 3. The van der Waals surface area contributed by atoms with Gasteiger partial charge in [0, 0.05) is 18.7 Å². The molecule has 9 nitrogen and oxygen atoms in total. The van der Waals surface area contributed by atoms with E-state index in [1.807, 2.05) is 19.2 Å². The number of carbonyl (C=O) groups is 3. The fourth-order valence-corrected chi connectivity index (χ4v) is 1.75. The highest BCUT2D eigenvalue weighted by Gasteiger charge is 2.17. The second-order valence-electron chi connectivity index (χ2n) is 5.15. The predicted molar refractivity (Wildman–Crippen MR) is 84.8 cm³/mol. The number of ether oxygens (including phenoxy) is 1. The highest BCUT2D eigenvalue weighted by Crippen LogP contribution is 2.23. The van der Waals surface area contributed by atoms with Gasteiger partial charge in [-0.1, -0.05) is 25.4 Å². The van der Waals surface area contributed by atoms with Crippen molar-refractivity contribution in [2.24, 2.45) is 5.92 Å². The summed E-state index contributed by atoms with van der Waals surface area (Å²) < 4.78 is 4.71. The number of carbonyl (C=O) groups excluding carboxylic acids is 3. The van der Waals surface area contributed by atoms with Crippen molar-refractivity contribution < 1.29 is 24.0 Å². The van der Waals surface area contributed by atoms with Gasteiger partial charge in [-0.3, -0.25) is 20.2 Å². The summed E-state index contributed by atoms with van der Waals surface area (Å²) in [5.41, 5.74) is -0.407. The molecule has 0 aliphatic rings. The van der Waals surface area contributed by atoms with Gasteiger partial charge in [0.1, 0.15) is 0 Å². The molecule has 0 aliphatic carbocycles. The van der Waals surface area contributed by atoms with Crippen LogP contribution in [0.15, 0.2) is 18.2 Å². The van der Waals surface area contributed by atoms with Gasteiger partial charge >= 0.3 is 12.0 Å². The lowest BCUT2D eigenvalue weighted by molar-refractivity contribution is -0.384. The van der Waals surface area contributed by atoms with Crippen molar-refractivity contribution in [2.75, 3.05) is 13.2 Å². The number of benzene rings is 1. The third-order valence-corrected chi connectivity index (χ3v) is 2.95. The smallest absolute Gasteiger partial charge is 0.340 e. The standard InChI is InChI=1S/C14H16ClN3O6/c1-8(2)6-16-14(21)17-12(19)7-24-13(20)10-4-3-9(18(22)23)5-11(10)15/h3-5,8H,6-7H2,1-2H3,(H2,16,17,19,21). The number of halogens is 1. The van der Waals surface area contributed by atoms with Crippen LogP contribution in [0.1, 0.15) is 24.2 Å². The van der Waals surface area contributed by atoms with E-state index in [0.717, 1.165) is 18.2 Å². The Bertz CT molecular complexity index is 662. The molecule has 0 spiro atoms. The number of nitro groups is 1. The number of non-ortho nitro benzene ring substituents is 1. The molecule has 0 bridgehead atoms. The van der Waals surface area contributed by atoms with Crippen LogP contribution in [0.4, 0.5) is 10.5 Å². The van der Waals surface area contributed by atoms with Crippen LogP contribution in [0.25, 0.3) is 0 Å². The predicted octanol–water partition coefficient (Wildman–Crippen LogP) is 1.89. The van der Waals surface area contributed by atoms with Gasteiger partial charge in [-0.05, 0) is 12.0 Å². The second kappa shape index (κ2) is 8.82. The number of imide groups is 1. The van der Waals surface area contributed by atoms with Crippen LogP contribution in [0, 0.1) is 16.0 Å². The molecule has 10 heteroatoms. The minimum Gasteiger partial charge on any atom is -0.452 e. The number of hydrogen-bond donors (Lipinski definition) is 2. The summed E-state index contributed by atoms with van der Waals surface area (Å²) in [5, 5.41) is 14.9. The molecule has 0 heterocycles. The van der Waals surface area contributed by atoms with Gasteiger partial charge in [0.2, 0.25) is 0 Å². The molecule has 0 radical (unpaired) electrons. The average molecular weight is 358 g/mol. The highest BCUT2D eigenvalue weighted by molar-refractivity contribution is 6.33. The zero-order valence-electron chi connectivity index (χ0n) is 13.0. The first-order valence-electron chi connectivity index (χ1n) is 6.89. The van der Waals surface area contributed by atoms with E-state index in [9.17, 15) is 24.5 Å². The number of rotatable bonds is 6. The van der Waals surface area contributed by atoms with Gasteiger partial charge in [0.15, 0.2) is 6.61 Å². The summed E-state index contributed by atoms with van der Waals surface area (Å²) in [6.07, 6.45) is 0. The van der Waals surface area contributed by atoms with Crippen molar-refractivity contribution in [3.05, 3.63) is 38.9 Å². The van der Waals surface area contributed by atoms with Crippen LogP contribution in [0.2, 0.25) is 5.02 Å². The van der Waals surface area contributed by atoms with Crippen molar-refractivity contribution >= 4 is 35.2 Å². The molecule has 130 valence electrons. The molecule has 2 N–H and O–H groups in total. The SMILES string of the molecule is CC(C)CNC(=O)NC(=O)COC(=O)c1ccc([N+](=O)[O-])cc1Cl. The molecular weight excluding hydrogens is 342 g/mol. The van der Waals surface area contributed by atoms with E-state index in [-0.39, 0.29) is 22.2 Å². The monoisotopic (exact) mass is 357 g/mol. The Labute approximate surface area is 142 Å². The second-order valence-corrected chi connectivity index (χ2v) is 5.56. The Morgan fingerprint density at radius 3 is 2.54 bits per heavy atom. The molecule has 1 rings (SSSR count). The quantitative estimate of drug-likeness (QED) is 0.454. The number of nitro benzene ring substituents is 1. The van der Waals surface area contributed by atoms with Crippen molar-refractivity contribution in [2.45, 2.75) is 13.8 Å². The molecule has 0 aromatic heterocycles. The summed E-state index contributed by atoms with van der Waals surface area (Å²) in [6, 6.07) is 2.51. The van der Waals surface area contributed by atoms with Crippen molar-refractivity contribution in [3.63, 3.8) is 0 Å². The zero-order chi connectivity index (χ0) is 18.3. The fraction of sp³-hybridized carbons (Fsp3) is 0.357. The Morgan fingerprint density at radius 2 is 2.00 bits per heavy atom. The number of esters is 1. The molecule has 0 aliphatic heterocycles. The van der Waals surface area contributed by atoms with E-state index in [2.05, 4.69) is 5.32 Å². The van der Waals surface area contributed by atoms with Crippen LogP contribution in [-0.2, 0) is 9.53 Å². The van der Waals surface area contributed by atoms with Gasteiger partial charge in [0.05, 0.1) is 15.5 Å². The zero-order valence-corrected chi connectivity index (χ0v) is 13.8. The summed E-state index contributed by atoms with van der Waals surface area (Å²) in [5.74, 6) is -1.54. The number of hydrogen-bond acceptors (Lipinski definition) is 6. The van der Waals surface area contributed by atoms with Crippen molar-refractivity contribution in [1.29, 1.82) is 0 Å². The molecule has 1 aromatic carbocycles. The average Bonchev–Trinajstić information content (AvgIpc) is 2.50. The molecule has 0 atom stereocenters. The van der Waals surface area contributed by atoms with E-state index >= 15 is 0 Å². The molecule has 0 unspecified atom stereocenters. The van der Waals surface area contributed by atoms with Crippen LogP contribution < -0.4 is 10.6 Å². The van der Waals surface area contributed by atoms with Crippen LogP contribution in [0.3, 0.4) is 0 Å². The summed E-state index contributed by atoms with van der Waals surface area (Å²) >= 11 is 5.77. The normalized spacial score (nSPS) is 10.2. The molecule has 0 saturated carbocycles. The molecule has 0 fully saturated rings. The molecule has 1 aromatic rings. The topological polar surface area (TPSA) is 128 Å². The maximum absolute atomic E-state index is 11.8. The lowest BCUT2D eigenvalue weighted by Gasteiger charge is -2.09. The molecule has 24 heavy (non-hydrogen) atoms. The number of nitrogens with zero attached hydrogens (tertiary/aromatic N) is 1. The first-order valence-corrected chi connectivity index (χ1v) is 7.27. The third kappa shape index (κ3) is 6.21. The number of nitrogens with one attached hydrogen (secondary N) is 2. The molecular formula is C14H16ClN3O6. The first-order chi connectivity index (χ1) is 11.2. The van der Waals surface area contributed by atoms with E-state index in [1.165, 1.54) is 0 Å². The summed E-state index contributed by atoms with van der Waals surface area (Å²) in [7, 11) is 0. The third-order valence-electron chi connectivity index (χ3n) is 2.64. The lowest BCUT2D eigenvalue weighted by atomic mass is 10.2. The van der Waals surface area contributed by atoms with E-state index in [4.69, 9.17) is 16.3 Å². The summed E-state index contributed by atoms with van der Waals surface area (Å²) in [4.78, 5) is 44.6. The highest BCUT2D eigenvalue weighted by atomic mass is 35.5. The first kappa shape index (κ1) is 19.4. The number of urea groups is 1. The minimum absolute atomic E-state index is 0.126. The van der Waals surface area contributed by atoms with E-state index in [1.54, 1.807) is 0 Å². The van der Waals surface area contributed by atoms with E-state index < -0.39 is 29.4 Å². The van der Waals surface area contributed by atoms with Crippen LogP contribution in [-0.4, -0.2) is 36.0 Å². The largest absolute Gasteiger partial charge is 0.452 e. The summed E-state index contributed by atoms with van der Waals surface area (Å²) in [6.45, 7) is 3.47. The van der Waals surface area contributed by atoms with Gasteiger partial charge in [-0.2, -0.15) is 0 Å². The Morgan fingerprint density at radius 1 is 1.33 bits per heavy atom. The fourth-order valence-electron chi connectivity index (χ4n) is 1.50. The van der Waals surface area contributed by atoms with Crippen LogP contribution >= 0.6 is 11.6 Å². The van der Waals surface area contributed by atoms with E-state index in [0.29, 0.717) is 6.54 Å². The Kier molecular flexibility index (Phi) is 7.12. The van der Waals surface area contributed by atoms with Gasteiger partial charge in [-0.25, -0.2) is 9.59 Å². The lowest BCUT2D eigenvalue weighted by Crippen LogP contribution is -2.42.